The highest BCUT2D eigenvalue weighted by Crippen LogP contribution is 2.35. The van der Waals surface area contributed by atoms with Gasteiger partial charge in [-0.05, 0) is 37.6 Å². The lowest BCUT2D eigenvalue weighted by Gasteiger charge is -2.29. The molecule has 0 aliphatic carbocycles. The second-order valence-corrected chi connectivity index (χ2v) is 5.12. The van der Waals surface area contributed by atoms with Crippen LogP contribution in [0.4, 0.5) is 0 Å². The molecular weight excluding hydrogens is 234 g/mol. The van der Waals surface area contributed by atoms with Gasteiger partial charge in [-0.25, -0.2) is 0 Å². The third-order valence-corrected chi connectivity index (χ3v) is 3.85. The minimum Gasteiger partial charge on any atom is -0.508 e. The van der Waals surface area contributed by atoms with E-state index in [0.29, 0.717) is 5.75 Å². The molecule has 1 aliphatic rings. The molecule has 2 aromatic rings. The molecule has 2 heteroatoms. The largest absolute Gasteiger partial charge is 0.508 e. The van der Waals surface area contributed by atoms with E-state index >= 15 is 0 Å². The summed E-state index contributed by atoms with van der Waals surface area (Å²) in [7, 11) is 0. The Hall–Kier alpha value is -1.80. The fourth-order valence-corrected chi connectivity index (χ4v) is 2.94. The summed E-state index contributed by atoms with van der Waals surface area (Å²) in [5, 5.41) is 10.2. The molecule has 0 amide bonds. The number of hydrogen-bond donors (Lipinski definition) is 1. The summed E-state index contributed by atoms with van der Waals surface area (Å²) in [6.07, 6.45) is 2.49. The van der Waals surface area contributed by atoms with Crippen LogP contribution in [0.15, 0.2) is 54.6 Å². The Balaban J connectivity index is 2.04. The summed E-state index contributed by atoms with van der Waals surface area (Å²) in [6.45, 7) is 2.21. The lowest BCUT2D eigenvalue weighted by molar-refractivity contribution is 0.275. The summed E-state index contributed by atoms with van der Waals surface area (Å²) in [4.78, 5) is 2.46. The van der Waals surface area contributed by atoms with E-state index in [2.05, 4.69) is 29.2 Å². The molecule has 1 saturated heterocycles. The summed E-state index contributed by atoms with van der Waals surface area (Å²) >= 11 is 0. The minimum atomic E-state index is 0.171. The van der Waals surface area contributed by atoms with Gasteiger partial charge in [0.05, 0.1) is 6.04 Å². The van der Waals surface area contributed by atoms with Gasteiger partial charge in [0.1, 0.15) is 5.75 Å². The van der Waals surface area contributed by atoms with Crippen LogP contribution in [0, 0.1) is 0 Å². The molecule has 0 aromatic heterocycles. The lowest BCUT2D eigenvalue weighted by Crippen LogP contribution is -2.26. The maximum atomic E-state index is 10.2. The predicted octanol–water partition coefficient (Wildman–Crippen LogP) is 3.58. The smallest absolute Gasteiger partial charge is 0.120 e. The Kier molecular flexibility index (Phi) is 3.51. The molecule has 1 aliphatic heterocycles. The maximum Gasteiger partial charge on any atom is 0.120 e. The molecule has 1 atom stereocenters. The van der Waals surface area contributed by atoms with Crippen LogP contribution in [0.5, 0.6) is 5.75 Å². The Bertz CT molecular complexity index is 532. The van der Waals surface area contributed by atoms with Crippen molar-refractivity contribution in [2.75, 3.05) is 13.1 Å². The van der Waals surface area contributed by atoms with Gasteiger partial charge < -0.3 is 5.11 Å². The van der Waals surface area contributed by atoms with Crippen LogP contribution in [0.1, 0.15) is 30.0 Å². The van der Waals surface area contributed by atoms with E-state index in [1.807, 2.05) is 24.3 Å². The zero-order valence-electron chi connectivity index (χ0n) is 11.0. The molecule has 1 fully saturated rings. The average molecular weight is 253 g/mol. The molecule has 2 aromatic carbocycles. The fraction of sp³-hybridized carbons (Fsp3) is 0.294. The van der Waals surface area contributed by atoms with Gasteiger partial charge in [-0.3, -0.25) is 4.90 Å². The first-order valence-corrected chi connectivity index (χ1v) is 6.93. The molecule has 1 N–H and O–H groups in total. The zero-order valence-corrected chi connectivity index (χ0v) is 11.0. The highest BCUT2D eigenvalue weighted by Gasteiger charge is 2.26. The third-order valence-electron chi connectivity index (χ3n) is 3.85. The summed E-state index contributed by atoms with van der Waals surface area (Å²) < 4.78 is 0. The van der Waals surface area contributed by atoms with Gasteiger partial charge in [0.15, 0.2) is 0 Å². The highest BCUT2D eigenvalue weighted by molar-refractivity contribution is 5.40. The normalized spacial score (nSPS) is 17.5. The van der Waals surface area contributed by atoms with Crippen LogP contribution in [0.25, 0.3) is 0 Å². The van der Waals surface area contributed by atoms with Crippen LogP contribution >= 0.6 is 0 Å². The van der Waals surface area contributed by atoms with Crippen molar-refractivity contribution in [3.8, 4) is 5.75 Å². The number of phenols is 1. The summed E-state index contributed by atoms with van der Waals surface area (Å²) in [5.74, 6) is 0.392. The van der Waals surface area contributed by atoms with Gasteiger partial charge in [-0.2, -0.15) is 0 Å². The molecule has 0 radical (unpaired) electrons. The fourth-order valence-electron chi connectivity index (χ4n) is 2.94. The quantitative estimate of drug-likeness (QED) is 0.903. The Labute approximate surface area is 114 Å². The van der Waals surface area contributed by atoms with Gasteiger partial charge >= 0.3 is 0 Å². The molecule has 19 heavy (non-hydrogen) atoms. The molecule has 1 unspecified atom stereocenters. The number of rotatable bonds is 3. The van der Waals surface area contributed by atoms with Gasteiger partial charge in [0, 0.05) is 5.56 Å². The number of aromatic hydroxyl groups is 1. The van der Waals surface area contributed by atoms with Gasteiger partial charge in [0.2, 0.25) is 0 Å². The topological polar surface area (TPSA) is 23.5 Å². The number of phenolic OH excluding ortho intramolecular Hbond substituents is 1. The van der Waals surface area contributed by atoms with Crippen molar-refractivity contribution in [3.05, 3.63) is 65.7 Å². The monoisotopic (exact) mass is 253 g/mol. The van der Waals surface area contributed by atoms with E-state index in [1.165, 1.54) is 18.4 Å². The molecule has 0 spiro atoms. The van der Waals surface area contributed by atoms with Crippen molar-refractivity contribution in [2.45, 2.75) is 18.9 Å². The third kappa shape index (κ3) is 2.49. The van der Waals surface area contributed by atoms with Crippen LogP contribution in [0.2, 0.25) is 0 Å². The molecular formula is C17H19NO. The first-order valence-electron chi connectivity index (χ1n) is 6.93. The molecule has 0 saturated carbocycles. The molecule has 1 heterocycles. The number of hydrogen-bond acceptors (Lipinski definition) is 2. The standard InChI is InChI=1S/C17H19NO/c19-16-11-5-4-10-15(16)17(18-12-6-7-13-18)14-8-2-1-3-9-14/h1-5,8-11,17,19H,6-7,12-13H2. The first-order chi connectivity index (χ1) is 9.36. The number of benzene rings is 2. The Morgan fingerprint density at radius 2 is 1.47 bits per heavy atom. The van der Waals surface area contributed by atoms with Crippen molar-refractivity contribution in [1.29, 1.82) is 0 Å². The molecule has 98 valence electrons. The van der Waals surface area contributed by atoms with E-state index in [-0.39, 0.29) is 6.04 Å². The van der Waals surface area contributed by atoms with Crippen molar-refractivity contribution in [3.63, 3.8) is 0 Å². The van der Waals surface area contributed by atoms with Crippen molar-refractivity contribution < 1.29 is 5.11 Å². The van der Waals surface area contributed by atoms with E-state index in [9.17, 15) is 5.11 Å². The van der Waals surface area contributed by atoms with Gasteiger partial charge in [0.25, 0.3) is 0 Å². The number of para-hydroxylation sites is 1. The summed E-state index contributed by atoms with van der Waals surface area (Å²) in [5.41, 5.74) is 2.27. The van der Waals surface area contributed by atoms with Gasteiger partial charge in [-0.1, -0.05) is 48.5 Å². The summed E-state index contributed by atoms with van der Waals surface area (Å²) in [6, 6.07) is 18.3. The number of nitrogens with zero attached hydrogens (tertiary/aromatic N) is 1. The van der Waals surface area contributed by atoms with E-state index in [4.69, 9.17) is 0 Å². The van der Waals surface area contributed by atoms with Gasteiger partial charge in [-0.15, -0.1) is 0 Å². The SMILES string of the molecule is Oc1ccccc1C(c1ccccc1)N1CCCC1. The first kappa shape index (κ1) is 12.2. The molecule has 0 bridgehead atoms. The second-order valence-electron chi connectivity index (χ2n) is 5.12. The van der Waals surface area contributed by atoms with Crippen molar-refractivity contribution in [1.82, 2.24) is 4.90 Å². The zero-order chi connectivity index (χ0) is 13.1. The van der Waals surface area contributed by atoms with Crippen LogP contribution < -0.4 is 0 Å². The van der Waals surface area contributed by atoms with Crippen molar-refractivity contribution >= 4 is 0 Å². The highest BCUT2D eigenvalue weighted by atomic mass is 16.3. The molecule has 2 nitrogen and oxygen atoms in total. The maximum absolute atomic E-state index is 10.2. The molecule has 3 rings (SSSR count). The van der Waals surface area contributed by atoms with Crippen LogP contribution in [-0.4, -0.2) is 23.1 Å². The Morgan fingerprint density at radius 3 is 2.16 bits per heavy atom. The van der Waals surface area contributed by atoms with E-state index < -0.39 is 0 Å². The predicted molar refractivity (Wildman–Crippen MR) is 77.2 cm³/mol. The Morgan fingerprint density at radius 1 is 0.842 bits per heavy atom. The van der Waals surface area contributed by atoms with Crippen LogP contribution in [0.3, 0.4) is 0 Å². The average Bonchev–Trinajstić information content (AvgIpc) is 2.96. The van der Waals surface area contributed by atoms with E-state index in [0.717, 1.165) is 18.7 Å². The van der Waals surface area contributed by atoms with E-state index in [1.54, 1.807) is 6.07 Å². The lowest BCUT2D eigenvalue weighted by atomic mass is 9.96. The number of likely N-dealkylation sites (tertiary alicyclic amines) is 1. The minimum absolute atomic E-state index is 0.171. The second kappa shape index (κ2) is 5.45. The van der Waals surface area contributed by atoms with Crippen molar-refractivity contribution in [2.24, 2.45) is 0 Å². The van der Waals surface area contributed by atoms with Crippen LogP contribution in [-0.2, 0) is 0 Å².